The van der Waals surface area contributed by atoms with E-state index in [9.17, 15) is 9.90 Å². The summed E-state index contributed by atoms with van der Waals surface area (Å²) in [5.74, 6) is -0.331. The fourth-order valence-corrected chi connectivity index (χ4v) is 1.95. The number of aliphatic hydroxyl groups is 1. The maximum Gasteiger partial charge on any atom is 0.342 e. The Hall–Kier alpha value is -1.97. The van der Waals surface area contributed by atoms with Crippen molar-refractivity contribution < 1.29 is 19.7 Å². The summed E-state index contributed by atoms with van der Waals surface area (Å²) in [6.07, 6.45) is 1.97. The van der Waals surface area contributed by atoms with E-state index in [1.54, 1.807) is 13.0 Å². The minimum Gasteiger partial charge on any atom is -0.513 e. The van der Waals surface area contributed by atoms with E-state index in [0.29, 0.717) is 12.0 Å². The molecule has 1 heterocycles. The number of phenols is 1. The van der Waals surface area contributed by atoms with Gasteiger partial charge in [0.2, 0.25) is 0 Å². The van der Waals surface area contributed by atoms with E-state index in [2.05, 4.69) is 0 Å². The molecule has 0 amide bonds. The number of carbonyl (C=O) groups is 1. The van der Waals surface area contributed by atoms with Crippen LogP contribution in [0.25, 0.3) is 0 Å². The van der Waals surface area contributed by atoms with Crippen LogP contribution >= 0.6 is 0 Å². The summed E-state index contributed by atoms with van der Waals surface area (Å²) in [5.41, 5.74) is 2.56. The van der Waals surface area contributed by atoms with Crippen molar-refractivity contribution in [3.05, 3.63) is 40.2 Å². The van der Waals surface area contributed by atoms with Crippen molar-refractivity contribution in [2.45, 2.75) is 26.9 Å². The van der Waals surface area contributed by atoms with Gasteiger partial charge in [0.1, 0.15) is 17.9 Å². The largest absolute Gasteiger partial charge is 0.513 e. The second kappa shape index (κ2) is 4.13. The number of carbonyl (C=O) groups excluding carboxylic acids is 1. The molecule has 0 spiro atoms. The number of hydrogen-bond acceptors (Lipinski definition) is 4. The molecule has 4 nitrogen and oxygen atoms in total. The van der Waals surface area contributed by atoms with E-state index in [1.807, 2.05) is 13.0 Å². The Morgan fingerprint density at radius 2 is 2.29 bits per heavy atom. The lowest BCUT2D eigenvalue weighted by atomic mass is 9.97. The highest BCUT2D eigenvalue weighted by Crippen LogP contribution is 2.34. The van der Waals surface area contributed by atoms with E-state index in [-0.39, 0.29) is 23.7 Å². The van der Waals surface area contributed by atoms with Gasteiger partial charge in [0, 0.05) is 5.56 Å². The predicted octanol–water partition coefficient (Wildman–Crippen LogP) is 2.38. The van der Waals surface area contributed by atoms with Crippen molar-refractivity contribution in [2.75, 3.05) is 0 Å². The predicted molar refractivity (Wildman–Crippen MR) is 62.1 cm³/mol. The second-order valence-electron chi connectivity index (χ2n) is 4.18. The molecule has 17 heavy (non-hydrogen) atoms. The molecule has 0 bridgehead atoms. The normalized spacial score (nSPS) is 14.7. The number of benzene rings is 1. The molecule has 0 saturated carbocycles. The molecule has 0 aliphatic carbocycles. The number of phenolic OH excluding ortho intramolecular Hbond substituents is 1. The van der Waals surface area contributed by atoms with Gasteiger partial charge in [0.05, 0.1) is 5.76 Å². The first-order valence-electron chi connectivity index (χ1n) is 5.38. The lowest BCUT2D eigenvalue weighted by molar-refractivity contribution is 0.0533. The second-order valence-corrected chi connectivity index (χ2v) is 4.18. The van der Waals surface area contributed by atoms with Crippen molar-refractivity contribution in [2.24, 2.45) is 0 Å². The third-order valence-electron chi connectivity index (χ3n) is 2.88. The lowest BCUT2D eigenvalue weighted by Gasteiger charge is -2.08. The number of cyclic esters (lactones) is 1. The molecule has 0 atom stereocenters. The average Bonchev–Trinajstić information content (AvgIpc) is 2.64. The summed E-state index contributed by atoms with van der Waals surface area (Å²) in [4.78, 5) is 11.5. The minimum atomic E-state index is -0.479. The standard InChI is InChI=1S/C13H14O4/c1-7-5-9(4-3-8(2)14)12(15)11-10(7)6-17-13(11)16/h3,5,14-15H,4,6H2,1-2H3/b8-3+. The van der Waals surface area contributed by atoms with Gasteiger partial charge in [0.15, 0.2) is 0 Å². The summed E-state index contributed by atoms with van der Waals surface area (Å²) in [6, 6.07) is 1.82. The molecule has 0 fully saturated rings. The molecular weight excluding hydrogens is 220 g/mol. The zero-order valence-electron chi connectivity index (χ0n) is 9.78. The molecule has 0 saturated heterocycles. The van der Waals surface area contributed by atoms with E-state index in [4.69, 9.17) is 9.84 Å². The molecule has 0 unspecified atom stereocenters. The van der Waals surface area contributed by atoms with E-state index < -0.39 is 5.97 Å². The Balaban J connectivity index is 2.50. The van der Waals surface area contributed by atoms with Crippen molar-refractivity contribution in [1.82, 2.24) is 0 Å². The van der Waals surface area contributed by atoms with Gasteiger partial charge in [0.25, 0.3) is 0 Å². The van der Waals surface area contributed by atoms with Crippen molar-refractivity contribution >= 4 is 5.97 Å². The monoisotopic (exact) mass is 234 g/mol. The van der Waals surface area contributed by atoms with Crippen LogP contribution < -0.4 is 0 Å². The SMILES string of the molecule is C/C(O)=C\Cc1cc(C)c2c(c1O)C(=O)OC2. The van der Waals surface area contributed by atoms with Crippen LogP contribution in [-0.2, 0) is 17.8 Å². The molecule has 90 valence electrons. The number of esters is 1. The van der Waals surface area contributed by atoms with Crippen LogP contribution in [0.5, 0.6) is 5.75 Å². The maximum atomic E-state index is 11.5. The Labute approximate surface area is 99.2 Å². The minimum absolute atomic E-state index is 0.0365. The lowest BCUT2D eigenvalue weighted by Crippen LogP contribution is -1.98. The summed E-state index contributed by atoms with van der Waals surface area (Å²) >= 11 is 0. The highest BCUT2D eigenvalue weighted by atomic mass is 16.5. The van der Waals surface area contributed by atoms with Crippen LogP contribution in [0.15, 0.2) is 17.9 Å². The molecular formula is C13H14O4. The number of allylic oxidation sites excluding steroid dienone is 2. The van der Waals surface area contributed by atoms with Gasteiger partial charge in [-0.2, -0.15) is 0 Å². The maximum absolute atomic E-state index is 11.5. The third-order valence-corrected chi connectivity index (χ3v) is 2.88. The summed E-state index contributed by atoms with van der Waals surface area (Å²) in [5, 5.41) is 19.1. The first kappa shape index (κ1) is 11.5. The zero-order valence-corrected chi connectivity index (χ0v) is 9.78. The number of aliphatic hydroxyl groups excluding tert-OH is 1. The topological polar surface area (TPSA) is 66.8 Å². The first-order valence-corrected chi connectivity index (χ1v) is 5.38. The highest BCUT2D eigenvalue weighted by Gasteiger charge is 2.28. The Morgan fingerprint density at radius 1 is 1.59 bits per heavy atom. The van der Waals surface area contributed by atoms with Crippen LogP contribution in [0.4, 0.5) is 0 Å². The molecule has 0 radical (unpaired) electrons. The number of aromatic hydroxyl groups is 1. The number of ether oxygens (including phenoxy) is 1. The summed E-state index contributed by atoms with van der Waals surface area (Å²) in [7, 11) is 0. The van der Waals surface area contributed by atoms with E-state index >= 15 is 0 Å². The number of fused-ring (bicyclic) bond motifs is 1. The highest BCUT2D eigenvalue weighted by molar-refractivity contribution is 5.97. The van der Waals surface area contributed by atoms with Crippen molar-refractivity contribution in [1.29, 1.82) is 0 Å². The van der Waals surface area contributed by atoms with Crippen molar-refractivity contribution in [3.63, 3.8) is 0 Å². The van der Waals surface area contributed by atoms with Gasteiger partial charge >= 0.3 is 5.97 Å². The van der Waals surface area contributed by atoms with Crippen LogP contribution in [-0.4, -0.2) is 16.2 Å². The quantitative estimate of drug-likeness (QED) is 0.609. The fraction of sp³-hybridized carbons (Fsp3) is 0.308. The molecule has 4 heteroatoms. The number of rotatable bonds is 2. The molecule has 0 aromatic heterocycles. The summed E-state index contributed by atoms with van der Waals surface area (Å²) in [6.45, 7) is 3.66. The fourth-order valence-electron chi connectivity index (χ4n) is 1.95. The van der Waals surface area contributed by atoms with Gasteiger partial charge in [-0.15, -0.1) is 0 Å². The van der Waals surface area contributed by atoms with Gasteiger partial charge < -0.3 is 14.9 Å². The van der Waals surface area contributed by atoms with E-state index in [0.717, 1.165) is 11.1 Å². The Bertz CT molecular complexity index is 511. The van der Waals surface area contributed by atoms with Gasteiger partial charge in [-0.05, 0) is 37.5 Å². The van der Waals surface area contributed by atoms with Gasteiger partial charge in [-0.25, -0.2) is 4.79 Å². The average molecular weight is 234 g/mol. The molecule has 1 aromatic carbocycles. The molecule has 1 aliphatic heterocycles. The zero-order chi connectivity index (χ0) is 12.6. The van der Waals surface area contributed by atoms with Crippen LogP contribution in [0.1, 0.15) is 34.0 Å². The van der Waals surface area contributed by atoms with Crippen LogP contribution in [0.2, 0.25) is 0 Å². The number of hydrogen-bond donors (Lipinski definition) is 2. The third kappa shape index (κ3) is 1.98. The van der Waals surface area contributed by atoms with E-state index in [1.165, 1.54) is 0 Å². The molecule has 2 rings (SSSR count). The molecule has 2 N–H and O–H groups in total. The van der Waals surface area contributed by atoms with Gasteiger partial charge in [-0.1, -0.05) is 6.07 Å². The summed E-state index contributed by atoms with van der Waals surface area (Å²) < 4.78 is 4.90. The molecule has 1 aliphatic rings. The first-order chi connectivity index (χ1) is 8.00. The smallest absolute Gasteiger partial charge is 0.342 e. The Morgan fingerprint density at radius 3 is 2.94 bits per heavy atom. The number of aryl methyl sites for hydroxylation is 1. The van der Waals surface area contributed by atoms with Gasteiger partial charge in [-0.3, -0.25) is 0 Å². The van der Waals surface area contributed by atoms with Crippen LogP contribution in [0.3, 0.4) is 0 Å². The van der Waals surface area contributed by atoms with Crippen LogP contribution in [0, 0.1) is 6.92 Å². The Kier molecular flexibility index (Phi) is 2.79. The van der Waals surface area contributed by atoms with Crippen molar-refractivity contribution in [3.8, 4) is 5.75 Å². The molecule has 1 aromatic rings.